The number of hydrogen-bond donors (Lipinski definition) is 0. The molecule has 0 fully saturated rings. The van der Waals surface area contributed by atoms with Crippen molar-refractivity contribution >= 4 is 27.6 Å². The molecule has 2 rings (SSSR count). The van der Waals surface area contributed by atoms with Crippen molar-refractivity contribution in [3.8, 4) is 0 Å². The summed E-state index contributed by atoms with van der Waals surface area (Å²) >= 11 is 1.65. The summed E-state index contributed by atoms with van der Waals surface area (Å²) < 4.78 is 1.21. The van der Waals surface area contributed by atoms with Crippen molar-refractivity contribution in [1.82, 2.24) is 4.98 Å². The molecule has 1 aromatic heterocycles. The smallest absolute Gasteiger partial charge is 0.125 e. The minimum absolute atomic E-state index is 0.964. The van der Waals surface area contributed by atoms with Gasteiger partial charge in [-0.05, 0) is 12.1 Å². The Labute approximate surface area is 74.7 Å². The quantitative estimate of drug-likeness (QED) is 0.604. The van der Waals surface area contributed by atoms with Gasteiger partial charge in [0.05, 0.1) is 10.2 Å². The summed E-state index contributed by atoms with van der Waals surface area (Å²) in [6, 6.07) is 8.07. The van der Waals surface area contributed by atoms with Crippen LogP contribution in [0, 0.1) is 0 Å². The molecule has 0 radical (unpaired) electrons. The van der Waals surface area contributed by atoms with Crippen LogP contribution in [0.3, 0.4) is 0 Å². The monoisotopic (exact) mass is 173 g/mol. The maximum absolute atomic E-state index is 4.36. The molecule has 0 saturated heterocycles. The summed E-state index contributed by atoms with van der Waals surface area (Å²) in [6.45, 7) is 3.51. The molecule has 0 saturated carbocycles. The molecule has 0 atom stereocenters. The first-order valence-corrected chi connectivity index (χ1v) is 4.43. The van der Waals surface area contributed by atoms with Crippen LogP contribution in [-0.4, -0.2) is 4.98 Å². The minimum atomic E-state index is 0.964. The Morgan fingerprint density at radius 3 is 3.00 bits per heavy atom. The Morgan fingerprint density at radius 1 is 1.42 bits per heavy atom. The molecule has 0 aliphatic heterocycles. The second-order valence-electron chi connectivity index (χ2n) is 2.37. The third kappa shape index (κ3) is 1.18. The van der Waals surface area contributed by atoms with Crippen LogP contribution in [0.2, 0.25) is 0 Å². The molecule has 0 bridgehead atoms. The third-order valence-electron chi connectivity index (χ3n) is 1.54. The minimum Gasteiger partial charge on any atom is -0.236 e. The topological polar surface area (TPSA) is 12.9 Å². The molecule has 0 amide bonds. The Hall–Kier alpha value is -1.37. The van der Waals surface area contributed by atoms with E-state index in [0.717, 1.165) is 10.5 Å². The fraction of sp³-hybridized carbons (Fsp3) is 0. The molecule has 58 valence electrons. The van der Waals surface area contributed by atoms with Crippen molar-refractivity contribution in [3.05, 3.63) is 41.6 Å². The van der Waals surface area contributed by atoms with E-state index in [9.17, 15) is 0 Å². The SMILES string of the molecule is C=C=Cc1nc2ccccc2s1. The zero-order chi connectivity index (χ0) is 8.39. The summed E-state index contributed by atoms with van der Waals surface area (Å²) in [5, 5.41) is 0.964. The zero-order valence-corrected chi connectivity index (χ0v) is 7.27. The lowest BCUT2D eigenvalue weighted by atomic mass is 10.3. The molecule has 1 heterocycles. The van der Waals surface area contributed by atoms with E-state index in [4.69, 9.17) is 0 Å². The fourth-order valence-corrected chi connectivity index (χ4v) is 1.92. The van der Waals surface area contributed by atoms with Gasteiger partial charge in [0.1, 0.15) is 5.01 Å². The lowest BCUT2D eigenvalue weighted by Crippen LogP contribution is -1.65. The number of thiazole rings is 1. The molecule has 0 spiro atoms. The highest BCUT2D eigenvalue weighted by atomic mass is 32.1. The zero-order valence-electron chi connectivity index (χ0n) is 6.45. The Morgan fingerprint density at radius 2 is 2.25 bits per heavy atom. The summed E-state index contributed by atoms with van der Waals surface area (Å²) in [5.74, 6) is 0. The van der Waals surface area contributed by atoms with E-state index in [1.165, 1.54) is 4.70 Å². The number of hydrogen-bond acceptors (Lipinski definition) is 2. The lowest BCUT2D eigenvalue weighted by Gasteiger charge is -1.80. The van der Waals surface area contributed by atoms with Crippen molar-refractivity contribution in [2.75, 3.05) is 0 Å². The molecule has 0 aliphatic carbocycles. The van der Waals surface area contributed by atoms with E-state index in [0.29, 0.717) is 0 Å². The Balaban J connectivity index is 2.69. The molecule has 1 nitrogen and oxygen atoms in total. The number of para-hydroxylation sites is 1. The van der Waals surface area contributed by atoms with Gasteiger partial charge in [-0.15, -0.1) is 17.1 Å². The van der Waals surface area contributed by atoms with Crippen LogP contribution in [-0.2, 0) is 0 Å². The molecule has 1 aromatic carbocycles. The number of aromatic nitrogens is 1. The van der Waals surface area contributed by atoms with Gasteiger partial charge in [-0.25, -0.2) is 4.98 Å². The summed E-state index contributed by atoms with van der Waals surface area (Å²) in [4.78, 5) is 4.36. The van der Waals surface area contributed by atoms with E-state index in [1.807, 2.05) is 18.2 Å². The first kappa shape index (κ1) is 7.29. The molecule has 0 N–H and O–H groups in total. The normalized spacial score (nSPS) is 9.67. The van der Waals surface area contributed by atoms with Gasteiger partial charge in [0.25, 0.3) is 0 Å². The average Bonchev–Trinajstić information content (AvgIpc) is 2.47. The second kappa shape index (κ2) is 2.94. The van der Waals surface area contributed by atoms with E-state index in [-0.39, 0.29) is 0 Å². The first-order valence-electron chi connectivity index (χ1n) is 3.61. The molecule has 0 unspecified atom stereocenters. The van der Waals surface area contributed by atoms with Gasteiger partial charge in [0.15, 0.2) is 0 Å². The van der Waals surface area contributed by atoms with Gasteiger partial charge >= 0.3 is 0 Å². The molecule has 2 heteroatoms. The van der Waals surface area contributed by atoms with Gasteiger partial charge < -0.3 is 0 Å². The number of rotatable bonds is 1. The molecule has 2 aromatic rings. The summed E-state index contributed by atoms with van der Waals surface area (Å²) in [7, 11) is 0. The highest BCUT2D eigenvalue weighted by molar-refractivity contribution is 7.19. The predicted molar refractivity (Wildman–Crippen MR) is 53.2 cm³/mol. The van der Waals surface area contributed by atoms with Crippen LogP contribution >= 0.6 is 11.3 Å². The maximum Gasteiger partial charge on any atom is 0.125 e. The fourth-order valence-electron chi connectivity index (χ4n) is 1.04. The van der Waals surface area contributed by atoms with Crippen LogP contribution in [0.15, 0.2) is 36.6 Å². The standard InChI is InChI=1S/C10H7NS/c1-2-5-10-11-8-6-3-4-7-9(8)12-10/h3-7H,1H2. The number of fused-ring (bicyclic) bond motifs is 1. The average molecular weight is 173 g/mol. The molecule has 12 heavy (non-hydrogen) atoms. The number of nitrogens with zero attached hydrogens (tertiary/aromatic N) is 1. The van der Waals surface area contributed by atoms with Crippen molar-refractivity contribution in [1.29, 1.82) is 0 Å². The Kier molecular flexibility index (Phi) is 1.78. The van der Waals surface area contributed by atoms with Crippen LogP contribution in [0.1, 0.15) is 5.01 Å². The van der Waals surface area contributed by atoms with Gasteiger partial charge in [-0.1, -0.05) is 18.7 Å². The van der Waals surface area contributed by atoms with Gasteiger partial charge in [-0.2, -0.15) is 0 Å². The molecular weight excluding hydrogens is 166 g/mol. The van der Waals surface area contributed by atoms with Crippen LogP contribution in [0.5, 0.6) is 0 Å². The van der Waals surface area contributed by atoms with Gasteiger partial charge in [-0.3, -0.25) is 0 Å². The van der Waals surface area contributed by atoms with Gasteiger partial charge in [0.2, 0.25) is 0 Å². The summed E-state index contributed by atoms with van der Waals surface area (Å²) in [6.07, 6.45) is 1.80. The summed E-state index contributed by atoms with van der Waals surface area (Å²) in [5.41, 5.74) is 3.76. The van der Waals surface area contributed by atoms with Crippen molar-refractivity contribution in [2.24, 2.45) is 0 Å². The van der Waals surface area contributed by atoms with E-state index in [2.05, 4.69) is 23.4 Å². The van der Waals surface area contributed by atoms with Crippen LogP contribution < -0.4 is 0 Å². The van der Waals surface area contributed by atoms with Gasteiger partial charge in [0, 0.05) is 6.08 Å². The van der Waals surface area contributed by atoms with Crippen molar-refractivity contribution in [2.45, 2.75) is 0 Å². The second-order valence-corrected chi connectivity index (χ2v) is 3.43. The Bertz CT molecular complexity index is 417. The highest BCUT2D eigenvalue weighted by Gasteiger charge is 1.97. The van der Waals surface area contributed by atoms with Crippen molar-refractivity contribution < 1.29 is 0 Å². The lowest BCUT2D eigenvalue weighted by molar-refractivity contribution is 1.46. The predicted octanol–water partition coefficient (Wildman–Crippen LogP) is 3.09. The van der Waals surface area contributed by atoms with E-state index in [1.54, 1.807) is 17.4 Å². The highest BCUT2D eigenvalue weighted by Crippen LogP contribution is 2.21. The van der Waals surface area contributed by atoms with E-state index < -0.39 is 0 Å². The van der Waals surface area contributed by atoms with E-state index >= 15 is 0 Å². The van der Waals surface area contributed by atoms with Crippen molar-refractivity contribution in [3.63, 3.8) is 0 Å². The maximum atomic E-state index is 4.36. The first-order chi connectivity index (χ1) is 5.90. The third-order valence-corrected chi connectivity index (χ3v) is 2.52. The van der Waals surface area contributed by atoms with Crippen LogP contribution in [0.4, 0.5) is 0 Å². The molecular formula is C10H7NS. The van der Waals surface area contributed by atoms with Crippen LogP contribution in [0.25, 0.3) is 16.3 Å². The molecule has 0 aliphatic rings. The largest absolute Gasteiger partial charge is 0.236 e. The number of benzene rings is 1.